The summed E-state index contributed by atoms with van der Waals surface area (Å²) in [6, 6.07) is 72.3. The van der Waals surface area contributed by atoms with E-state index < -0.39 is 0 Å². The molecule has 5 nitrogen and oxygen atoms in total. The van der Waals surface area contributed by atoms with Gasteiger partial charge in [0.05, 0.1) is 28.5 Å². The Hall–Kier alpha value is -8.71. The molecule has 0 amide bonds. The molecule has 0 N–H and O–H groups in total. The normalized spacial score (nSPS) is 15.4. The van der Waals surface area contributed by atoms with Crippen LogP contribution in [0.5, 0.6) is 0 Å². The van der Waals surface area contributed by atoms with Gasteiger partial charge in [-0.3, -0.25) is 0 Å². The Labute approximate surface area is 402 Å². The van der Waals surface area contributed by atoms with Crippen LogP contribution in [0.3, 0.4) is 0 Å². The lowest BCUT2D eigenvalue weighted by molar-refractivity contribution is 0.728. The second-order valence-corrected chi connectivity index (χ2v) is 19.3. The molecule has 2 atom stereocenters. The smallest absolute Gasteiger partial charge is 0.234 e. The number of benzene rings is 9. The van der Waals surface area contributed by atoms with Crippen LogP contribution in [-0.4, -0.2) is 25.6 Å². The Morgan fingerprint density at radius 3 is 1.83 bits per heavy atom. The topological polar surface area (TPSA) is 46.8 Å². The average molecular weight is 898 g/mol. The highest BCUT2D eigenvalue weighted by atomic mass is 32.1. The quantitative estimate of drug-likeness (QED) is 0.173. The van der Waals surface area contributed by atoms with Crippen LogP contribution < -0.4 is 4.90 Å². The van der Waals surface area contributed by atoms with Crippen molar-refractivity contribution in [3.8, 4) is 73.0 Å². The van der Waals surface area contributed by atoms with Crippen molar-refractivity contribution in [2.45, 2.75) is 12.0 Å². The van der Waals surface area contributed by atoms with Gasteiger partial charge in [-0.05, 0) is 63.2 Å². The molecule has 69 heavy (non-hydrogen) atoms. The lowest BCUT2D eigenvalue weighted by Crippen LogP contribution is -2.30. The second-order valence-electron chi connectivity index (χ2n) is 18.2. The predicted molar refractivity (Wildman–Crippen MR) is 287 cm³/mol. The average Bonchev–Trinajstić information content (AvgIpc) is 4.07. The maximum atomic E-state index is 5.70. The zero-order valence-corrected chi connectivity index (χ0v) is 38.0. The first kappa shape index (κ1) is 38.4. The Bertz CT molecular complexity index is 4160. The molecule has 0 spiro atoms. The van der Waals surface area contributed by atoms with Gasteiger partial charge in [-0.2, -0.15) is 9.97 Å². The van der Waals surface area contributed by atoms with Crippen LogP contribution in [0.1, 0.15) is 11.5 Å². The van der Waals surface area contributed by atoms with Crippen molar-refractivity contribution in [1.29, 1.82) is 0 Å². The zero-order valence-electron chi connectivity index (χ0n) is 37.2. The number of nitrogens with zero attached hydrogens (tertiary/aromatic N) is 5. The van der Waals surface area contributed by atoms with E-state index in [9.17, 15) is 0 Å². The Morgan fingerprint density at radius 1 is 0.406 bits per heavy atom. The maximum Gasteiger partial charge on any atom is 0.234 e. The molecule has 0 saturated heterocycles. The lowest BCUT2D eigenvalue weighted by atomic mass is 9.91. The molecular weight excluding hydrogens is 859 g/mol. The summed E-state index contributed by atoms with van der Waals surface area (Å²) in [5, 5.41) is 4.79. The minimum atomic E-state index is -0.0830. The van der Waals surface area contributed by atoms with E-state index in [2.05, 4.69) is 234 Å². The van der Waals surface area contributed by atoms with E-state index in [-0.39, 0.29) is 12.0 Å². The summed E-state index contributed by atoms with van der Waals surface area (Å²) < 4.78 is 4.97. The molecule has 2 aliphatic heterocycles. The van der Waals surface area contributed by atoms with Crippen LogP contribution in [-0.2, 0) is 0 Å². The van der Waals surface area contributed by atoms with Crippen molar-refractivity contribution >= 4 is 65.0 Å². The maximum absolute atomic E-state index is 5.70. The van der Waals surface area contributed by atoms with E-state index in [0.717, 1.165) is 44.5 Å². The third kappa shape index (κ3) is 5.67. The third-order valence-corrected chi connectivity index (χ3v) is 15.6. The Morgan fingerprint density at radius 2 is 1.00 bits per heavy atom. The lowest BCUT2D eigenvalue weighted by Gasteiger charge is -2.28. The summed E-state index contributed by atoms with van der Waals surface area (Å²) in [6.07, 6.45) is 9.06. The van der Waals surface area contributed by atoms with Crippen molar-refractivity contribution < 1.29 is 0 Å². The highest BCUT2D eigenvalue weighted by Crippen LogP contribution is 2.55. The SMILES string of the molecule is C1=CC2c3ccc4c5cccc6c5n(c4c3N(c3nc(-c4cccc(-c5ccccc5)c4)nc(-c4cccc5sc7cccc(-c8ccccc8)c7c45)n3)C2C=C1)-c1ccccc1-c1ccccc1-6. The number of hydrogen-bond acceptors (Lipinski definition) is 5. The highest BCUT2D eigenvalue weighted by Gasteiger charge is 2.42. The van der Waals surface area contributed by atoms with Gasteiger partial charge in [0.15, 0.2) is 11.6 Å². The number of aromatic nitrogens is 4. The van der Waals surface area contributed by atoms with Crippen LogP contribution in [0.25, 0.3) is 115 Å². The second kappa shape index (κ2) is 14.9. The third-order valence-electron chi connectivity index (χ3n) is 14.5. The minimum Gasteiger partial charge on any atom is -0.306 e. The van der Waals surface area contributed by atoms with Gasteiger partial charge < -0.3 is 9.47 Å². The first-order valence-corrected chi connectivity index (χ1v) is 24.4. The summed E-state index contributed by atoms with van der Waals surface area (Å²) in [4.78, 5) is 19.3. The number of anilines is 2. The largest absolute Gasteiger partial charge is 0.306 e. The Kier molecular flexibility index (Phi) is 8.29. The summed E-state index contributed by atoms with van der Waals surface area (Å²) >= 11 is 1.82. The van der Waals surface area contributed by atoms with E-state index in [0.29, 0.717) is 17.6 Å². The molecule has 2 unspecified atom stereocenters. The van der Waals surface area contributed by atoms with Gasteiger partial charge in [0.2, 0.25) is 5.95 Å². The number of thiophene rings is 1. The number of hydrogen-bond donors (Lipinski definition) is 0. The van der Waals surface area contributed by atoms with E-state index >= 15 is 0 Å². The van der Waals surface area contributed by atoms with Gasteiger partial charge in [-0.1, -0.05) is 200 Å². The summed E-state index contributed by atoms with van der Waals surface area (Å²) in [5.41, 5.74) is 17.3. The first-order chi connectivity index (χ1) is 34.2. The molecule has 3 aliphatic rings. The summed E-state index contributed by atoms with van der Waals surface area (Å²) in [6.45, 7) is 0. The fourth-order valence-corrected chi connectivity index (χ4v) is 12.8. The van der Waals surface area contributed by atoms with Crippen LogP contribution >= 0.6 is 11.3 Å². The van der Waals surface area contributed by atoms with E-state index in [1.165, 1.54) is 70.0 Å². The molecule has 1 aliphatic carbocycles. The highest BCUT2D eigenvalue weighted by molar-refractivity contribution is 7.26. The zero-order chi connectivity index (χ0) is 45.2. The van der Waals surface area contributed by atoms with Gasteiger partial charge in [-0.25, -0.2) is 4.98 Å². The number of rotatable bonds is 5. The van der Waals surface area contributed by atoms with Crippen molar-refractivity contribution in [2.24, 2.45) is 0 Å². The van der Waals surface area contributed by atoms with Crippen molar-refractivity contribution in [1.82, 2.24) is 19.5 Å². The van der Waals surface area contributed by atoms with Crippen LogP contribution in [0, 0.1) is 0 Å². The number of para-hydroxylation sites is 2. The molecule has 0 radical (unpaired) electrons. The number of fused-ring (bicyclic) bond motifs is 15. The van der Waals surface area contributed by atoms with Crippen molar-refractivity contribution in [2.75, 3.05) is 4.90 Å². The molecule has 9 aromatic carbocycles. The van der Waals surface area contributed by atoms with Crippen LogP contribution in [0.15, 0.2) is 224 Å². The molecule has 5 heterocycles. The van der Waals surface area contributed by atoms with Gasteiger partial charge in [0, 0.05) is 59.1 Å². The van der Waals surface area contributed by atoms with E-state index in [1.54, 1.807) is 0 Å². The molecule has 0 fully saturated rings. The van der Waals surface area contributed by atoms with E-state index in [4.69, 9.17) is 15.0 Å². The fraction of sp³-hybridized carbons (Fsp3) is 0.0317. The molecule has 0 bridgehead atoms. The van der Waals surface area contributed by atoms with Gasteiger partial charge >= 0.3 is 0 Å². The van der Waals surface area contributed by atoms with Gasteiger partial charge in [0.1, 0.15) is 0 Å². The fourth-order valence-electron chi connectivity index (χ4n) is 11.6. The molecule has 15 rings (SSSR count). The first-order valence-electron chi connectivity index (χ1n) is 23.6. The summed E-state index contributed by atoms with van der Waals surface area (Å²) in [5.74, 6) is 1.95. The molecule has 0 saturated carbocycles. The van der Waals surface area contributed by atoms with Crippen LogP contribution in [0.4, 0.5) is 11.6 Å². The van der Waals surface area contributed by atoms with E-state index in [1.807, 2.05) is 11.3 Å². The van der Waals surface area contributed by atoms with Crippen molar-refractivity contribution in [3.05, 3.63) is 230 Å². The molecule has 3 aromatic heterocycles. The summed E-state index contributed by atoms with van der Waals surface area (Å²) in [7, 11) is 0. The predicted octanol–water partition coefficient (Wildman–Crippen LogP) is 16.4. The van der Waals surface area contributed by atoms with Crippen LogP contribution in [0.2, 0.25) is 0 Å². The van der Waals surface area contributed by atoms with Gasteiger partial charge in [0.25, 0.3) is 0 Å². The van der Waals surface area contributed by atoms with Crippen molar-refractivity contribution in [3.63, 3.8) is 0 Å². The van der Waals surface area contributed by atoms with Gasteiger partial charge in [-0.15, -0.1) is 11.3 Å². The molecular formula is C63H39N5S. The minimum absolute atomic E-state index is 0.0701. The standard InChI is InChI=1S/C63H39N5S/c1-3-17-38(18-4-1)40-21-13-22-41(37-40)61-64-62(51-30-16-34-55-57(51)56-42(27-15-33-54(56)69-55)39-19-5-2-6-20-39)66-63(65-61)68-53-32-12-10-26-46(53)49-35-36-50-48-29-14-28-47-44-24-8-7-23-43(44)45-25-9-11-31-52(45)67(58(47)48)59(50)60(49)68/h1-37,46,53H. The molecule has 6 heteroatoms. The monoisotopic (exact) mass is 897 g/mol. The number of allylic oxidation sites excluding steroid dienone is 2. The molecule has 322 valence electrons. The molecule has 12 aromatic rings. The Balaban J connectivity index is 1.04.